The predicted octanol–water partition coefficient (Wildman–Crippen LogP) is 3.88. The Balaban J connectivity index is 1.74. The van der Waals surface area contributed by atoms with E-state index in [-0.39, 0.29) is 11.5 Å². The molecule has 4 rings (SSSR count). The van der Waals surface area contributed by atoms with E-state index in [2.05, 4.69) is 22.4 Å². The van der Waals surface area contributed by atoms with Crippen molar-refractivity contribution in [3.05, 3.63) is 80.6 Å². The van der Waals surface area contributed by atoms with Crippen LogP contribution < -0.4 is 10.9 Å². The molecule has 0 aliphatic carbocycles. The van der Waals surface area contributed by atoms with E-state index in [9.17, 15) is 9.59 Å². The third-order valence-corrected chi connectivity index (χ3v) is 6.40. The normalized spacial score (nSPS) is 15.3. The number of carbonyl (C=O) groups excluding carboxylic acids is 1. The number of fused-ring (bicyclic) bond motifs is 1. The van der Waals surface area contributed by atoms with Gasteiger partial charge >= 0.3 is 0 Å². The number of likely N-dealkylation sites (N-methyl/N-ethyl adjacent to an activating group) is 1. The number of nitrogens with one attached hydrogen (secondary N) is 1. The molecule has 1 aliphatic rings. The molecule has 1 aromatic carbocycles. The molecule has 0 atom stereocenters. The van der Waals surface area contributed by atoms with Crippen LogP contribution in [0, 0.1) is 6.92 Å². The second-order valence-electron chi connectivity index (χ2n) is 7.20. The summed E-state index contributed by atoms with van der Waals surface area (Å²) in [4.78, 5) is 32.7. The molecule has 0 spiro atoms. The van der Waals surface area contributed by atoms with Gasteiger partial charge < -0.3 is 5.32 Å². The van der Waals surface area contributed by atoms with E-state index in [0.29, 0.717) is 39.3 Å². The lowest BCUT2D eigenvalue weighted by molar-refractivity contribution is -0.121. The molecule has 0 saturated carbocycles. The minimum atomic E-state index is -0.224. The molecule has 0 unspecified atom stereocenters. The van der Waals surface area contributed by atoms with Crippen molar-refractivity contribution >= 4 is 51.7 Å². The van der Waals surface area contributed by atoms with E-state index < -0.39 is 0 Å². The van der Waals surface area contributed by atoms with Gasteiger partial charge in [-0.3, -0.25) is 18.9 Å². The number of rotatable bonds is 6. The van der Waals surface area contributed by atoms with Crippen molar-refractivity contribution in [2.75, 3.05) is 18.4 Å². The Morgan fingerprint density at radius 3 is 2.65 bits per heavy atom. The van der Waals surface area contributed by atoms with Gasteiger partial charge in [0.25, 0.3) is 11.5 Å². The number of pyridine rings is 1. The topological polar surface area (TPSA) is 66.7 Å². The third kappa shape index (κ3) is 4.40. The van der Waals surface area contributed by atoms with Gasteiger partial charge in [0.05, 0.1) is 10.5 Å². The number of hydrogen-bond donors (Lipinski definition) is 1. The highest BCUT2D eigenvalue weighted by molar-refractivity contribution is 8.26. The molecule has 1 fully saturated rings. The van der Waals surface area contributed by atoms with Gasteiger partial charge in [-0.1, -0.05) is 60.4 Å². The lowest BCUT2D eigenvalue weighted by Gasteiger charge is -2.12. The summed E-state index contributed by atoms with van der Waals surface area (Å²) in [5.74, 6) is 0.285. The fourth-order valence-corrected chi connectivity index (χ4v) is 4.76. The van der Waals surface area contributed by atoms with Crippen LogP contribution in [0.5, 0.6) is 0 Å². The minimum Gasteiger partial charge on any atom is -0.369 e. The number of thiocarbonyl (C=S) groups is 1. The molecule has 8 heteroatoms. The highest BCUT2D eigenvalue weighted by Crippen LogP contribution is 2.32. The lowest BCUT2D eigenvalue weighted by atomic mass is 10.1. The van der Waals surface area contributed by atoms with Crippen LogP contribution in [0.1, 0.15) is 23.6 Å². The summed E-state index contributed by atoms with van der Waals surface area (Å²) in [6, 6.07) is 13.8. The molecule has 0 bridgehead atoms. The van der Waals surface area contributed by atoms with Crippen molar-refractivity contribution in [2.24, 2.45) is 0 Å². The second kappa shape index (κ2) is 9.03. The van der Waals surface area contributed by atoms with Crippen LogP contribution in [0.2, 0.25) is 0 Å². The van der Waals surface area contributed by atoms with Crippen molar-refractivity contribution < 1.29 is 4.79 Å². The van der Waals surface area contributed by atoms with Crippen molar-refractivity contribution in [3.63, 3.8) is 0 Å². The largest absolute Gasteiger partial charge is 0.369 e. The summed E-state index contributed by atoms with van der Waals surface area (Å²) in [5.41, 5.74) is 2.82. The van der Waals surface area contributed by atoms with Crippen LogP contribution in [0.4, 0.5) is 5.82 Å². The van der Waals surface area contributed by atoms with Gasteiger partial charge in [0.1, 0.15) is 15.8 Å². The van der Waals surface area contributed by atoms with E-state index in [1.165, 1.54) is 26.6 Å². The number of thioether (sulfide) groups is 1. The predicted molar refractivity (Wildman–Crippen MR) is 130 cm³/mol. The Labute approximate surface area is 190 Å². The molecule has 3 heterocycles. The first kappa shape index (κ1) is 21.3. The first-order chi connectivity index (χ1) is 15.0. The molecule has 158 valence electrons. The first-order valence-corrected chi connectivity index (χ1v) is 11.3. The molecule has 6 nitrogen and oxygen atoms in total. The van der Waals surface area contributed by atoms with E-state index in [4.69, 9.17) is 12.2 Å². The van der Waals surface area contributed by atoms with Crippen LogP contribution in [-0.2, 0) is 11.2 Å². The van der Waals surface area contributed by atoms with Gasteiger partial charge in [-0.15, -0.1) is 0 Å². The number of hydrogen-bond acceptors (Lipinski definition) is 6. The van der Waals surface area contributed by atoms with Crippen LogP contribution in [0.3, 0.4) is 0 Å². The van der Waals surface area contributed by atoms with E-state index >= 15 is 0 Å². The Bertz CT molecular complexity index is 1250. The molecule has 1 amide bonds. The summed E-state index contributed by atoms with van der Waals surface area (Å²) in [7, 11) is 0. The molecule has 1 aliphatic heterocycles. The van der Waals surface area contributed by atoms with Gasteiger partial charge in [0.2, 0.25) is 0 Å². The second-order valence-corrected chi connectivity index (χ2v) is 8.88. The zero-order valence-corrected chi connectivity index (χ0v) is 18.9. The average molecular weight is 451 g/mol. The molecule has 1 saturated heterocycles. The Hall–Kier alpha value is -2.97. The maximum Gasteiger partial charge on any atom is 0.267 e. The summed E-state index contributed by atoms with van der Waals surface area (Å²) in [5, 5.41) is 3.30. The van der Waals surface area contributed by atoms with Crippen LogP contribution in [0.15, 0.2) is 58.4 Å². The monoisotopic (exact) mass is 450 g/mol. The first-order valence-electron chi connectivity index (χ1n) is 10.0. The Kier molecular flexibility index (Phi) is 6.20. The van der Waals surface area contributed by atoms with Gasteiger partial charge in [-0.2, -0.15) is 0 Å². The quantitative estimate of drug-likeness (QED) is 0.454. The fraction of sp³-hybridized carbons (Fsp3) is 0.217. The number of aryl methyl sites for hydroxylation is 1. The van der Waals surface area contributed by atoms with Crippen molar-refractivity contribution in [1.82, 2.24) is 14.3 Å². The van der Waals surface area contributed by atoms with E-state index in [1.54, 1.807) is 12.3 Å². The number of nitrogens with zero attached hydrogens (tertiary/aromatic N) is 3. The molecular weight excluding hydrogens is 428 g/mol. The zero-order valence-electron chi connectivity index (χ0n) is 17.3. The van der Waals surface area contributed by atoms with Gasteiger partial charge in [-0.25, -0.2) is 4.98 Å². The number of aromatic nitrogens is 2. The smallest absolute Gasteiger partial charge is 0.267 e. The maximum absolute atomic E-state index is 13.3. The SMILES string of the molecule is CCN1C(=O)/C(=C/c2c(NCCc3ccccc3)nc3ccc(C)cn3c2=O)SC1=S. The van der Waals surface area contributed by atoms with Crippen LogP contribution >= 0.6 is 24.0 Å². The summed E-state index contributed by atoms with van der Waals surface area (Å²) < 4.78 is 2.02. The zero-order chi connectivity index (χ0) is 22.0. The fourth-order valence-electron chi connectivity index (χ4n) is 3.40. The number of amides is 1. The standard InChI is InChI=1S/C23H22N4O2S2/c1-3-26-22(29)18(31-23(26)30)13-17-20(24-12-11-16-7-5-4-6-8-16)25-19-10-9-15(2)14-27(19)21(17)28/h4-10,13-14,24H,3,11-12H2,1-2H3/b18-13-. The highest BCUT2D eigenvalue weighted by atomic mass is 32.2. The third-order valence-electron chi connectivity index (χ3n) is 5.02. The molecule has 2 aromatic heterocycles. The maximum atomic E-state index is 13.3. The molecule has 0 radical (unpaired) electrons. The van der Waals surface area contributed by atoms with Gasteiger partial charge in [0.15, 0.2) is 0 Å². The van der Waals surface area contributed by atoms with Gasteiger partial charge in [-0.05, 0) is 43.5 Å². The number of anilines is 1. The molecule has 31 heavy (non-hydrogen) atoms. The van der Waals surface area contributed by atoms with Gasteiger partial charge in [0, 0.05) is 19.3 Å². The van der Waals surface area contributed by atoms with Crippen molar-refractivity contribution in [2.45, 2.75) is 20.3 Å². The Morgan fingerprint density at radius 2 is 1.94 bits per heavy atom. The van der Waals surface area contributed by atoms with E-state index in [1.807, 2.05) is 44.2 Å². The van der Waals surface area contributed by atoms with Crippen molar-refractivity contribution in [3.8, 4) is 0 Å². The average Bonchev–Trinajstić information content (AvgIpc) is 3.04. The molecular formula is C23H22N4O2S2. The van der Waals surface area contributed by atoms with Crippen molar-refractivity contribution in [1.29, 1.82) is 0 Å². The van der Waals surface area contributed by atoms with Crippen LogP contribution in [0.25, 0.3) is 11.7 Å². The highest BCUT2D eigenvalue weighted by Gasteiger charge is 2.31. The Morgan fingerprint density at radius 1 is 1.16 bits per heavy atom. The molecule has 3 aromatic rings. The summed E-state index contributed by atoms with van der Waals surface area (Å²) in [6.07, 6.45) is 4.16. The number of benzene rings is 1. The lowest BCUT2D eigenvalue weighted by Crippen LogP contribution is -2.27. The summed E-state index contributed by atoms with van der Waals surface area (Å²) >= 11 is 6.52. The minimum absolute atomic E-state index is 0.179. The summed E-state index contributed by atoms with van der Waals surface area (Å²) in [6.45, 7) is 4.90. The van der Waals surface area contributed by atoms with Crippen LogP contribution in [-0.4, -0.2) is 37.6 Å². The molecule has 1 N–H and O–H groups in total. The van der Waals surface area contributed by atoms with E-state index in [0.717, 1.165) is 12.0 Å². The number of carbonyl (C=O) groups is 1.